The Bertz CT molecular complexity index is 1020. The zero-order valence-electron chi connectivity index (χ0n) is 14.4. The summed E-state index contributed by atoms with van der Waals surface area (Å²) in [7, 11) is 0. The zero-order valence-corrected chi connectivity index (χ0v) is 14.4. The topological polar surface area (TPSA) is 12.9 Å². The van der Waals surface area contributed by atoms with E-state index in [1.165, 1.54) is 32.7 Å². The van der Waals surface area contributed by atoms with Gasteiger partial charge in [0.25, 0.3) is 0 Å². The second kappa shape index (κ2) is 5.45. The van der Waals surface area contributed by atoms with Crippen molar-refractivity contribution in [2.45, 2.75) is 26.2 Å². The third-order valence-corrected chi connectivity index (χ3v) is 4.67. The van der Waals surface area contributed by atoms with Crippen LogP contribution in [0.25, 0.3) is 32.8 Å². The summed E-state index contributed by atoms with van der Waals surface area (Å²) in [5.74, 6) is 0. The summed E-state index contributed by atoms with van der Waals surface area (Å²) in [4.78, 5) is 4.68. The lowest BCUT2D eigenvalue weighted by atomic mass is 9.88. The van der Waals surface area contributed by atoms with Crippen molar-refractivity contribution in [1.82, 2.24) is 4.98 Å². The number of aromatic nitrogens is 1. The third-order valence-electron chi connectivity index (χ3n) is 4.67. The average Bonchev–Trinajstić information content (AvgIpc) is 2.60. The molecule has 0 saturated heterocycles. The van der Waals surface area contributed by atoms with E-state index >= 15 is 0 Å². The molecule has 0 aliphatic rings. The largest absolute Gasteiger partial charge is 0.256 e. The molecular weight excluding hydrogens is 290 g/mol. The molecule has 0 atom stereocenters. The molecule has 0 bridgehead atoms. The van der Waals surface area contributed by atoms with Crippen molar-refractivity contribution >= 4 is 21.5 Å². The van der Waals surface area contributed by atoms with Gasteiger partial charge in [-0.3, -0.25) is 4.98 Å². The van der Waals surface area contributed by atoms with Crippen LogP contribution < -0.4 is 0 Å². The van der Waals surface area contributed by atoms with Crippen LogP contribution in [0.4, 0.5) is 0 Å². The van der Waals surface area contributed by atoms with Crippen LogP contribution in [-0.2, 0) is 5.41 Å². The van der Waals surface area contributed by atoms with Gasteiger partial charge in [0.2, 0.25) is 0 Å². The van der Waals surface area contributed by atoms with Crippen molar-refractivity contribution in [3.63, 3.8) is 0 Å². The third kappa shape index (κ3) is 2.56. The number of pyridine rings is 1. The van der Waals surface area contributed by atoms with Crippen LogP contribution in [0.15, 0.2) is 72.9 Å². The number of fused-ring (bicyclic) bond motifs is 3. The average molecular weight is 311 g/mol. The summed E-state index contributed by atoms with van der Waals surface area (Å²) >= 11 is 0. The van der Waals surface area contributed by atoms with E-state index in [1.54, 1.807) is 0 Å². The molecule has 1 nitrogen and oxygen atoms in total. The minimum Gasteiger partial charge on any atom is -0.256 e. The number of nitrogens with zero attached hydrogens (tertiary/aromatic N) is 1. The van der Waals surface area contributed by atoms with Gasteiger partial charge in [-0.25, -0.2) is 0 Å². The van der Waals surface area contributed by atoms with E-state index in [4.69, 9.17) is 0 Å². The van der Waals surface area contributed by atoms with Crippen LogP contribution in [-0.4, -0.2) is 4.98 Å². The lowest BCUT2D eigenvalue weighted by Gasteiger charge is -2.18. The monoisotopic (exact) mass is 311 g/mol. The minimum absolute atomic E-state index is 0.133. The Kier molecular flexibility index (Phi) is 3.38. The van der Waals surface area contributed by atoms with Crippen LogP contribution in [0.5, 0.6) is 0 Å². The van der Waals surface area contributed by atoms with Gasteiger partial charge in [-0.2, -0.15) is 0 Å². The van der Waals surface area contributed by atoms with Gasteiger partial charge in [0.05, 0.1) is 5.69 Å². The molecule has 0 amide bonds. The summed E-state index contributed by atoms with van der Waals surface area (Å²) in [5, 5.41) is 5.14. The first-order chi connectivity index (χ1) is 11.5. The van der Waals surface area contributed by atoms with E-state index in [2.05, 4.69) is 92.5 Å². The van der Waals surface area contributed by atoms with Gasteiger partial charge >= 0.3 is 0 Å². The lowest BCUT2D eigenvalue weighted by molar-refractivity contribution is 0.587. The first-order valence-electron chi connectivity index (χ1n) is 8.41. The Morgan fingerprint density at radius 2 is 1.46 bits per heavy atom. The maximum Gasteiger partial charge on any atom is 0.0702 e. The number of hydrogen-bond donors (Lipinski definition) is 0. The summed E-state index contributed by atoms with van der Waals surface area (Å²) < 4.78 is 0. The molecule has 0 saturated carbocycles. The first-order valence-corrected chi connectivity index (χ1v) is 8.41. The standard InChI is InChI=1S/C23H21N/c1-23(2,3)19-11-13-22(24-15-19)18-10-12-21-17(14-18)9-8-16-6-4-5-7-20(16)21/h4-15H,1-3H3. The van der Waals surface area contributed by atoms with E-state index in [-0.39, 0.29) is 5.41 Å². The fourth-order valence-corrected chi connectivity index (χ4v) is 3.18. The predicted octanol–water partition coefficient (Wildman–Crippen LogP) is 6.35. The van der Waals surface area contributed by atoms with Crippen LogP contribution in [0.2, 0.25) is 0 Å². The van der Waals surface area contributed by atoms with Crippen molar-refractivity contribution in [1.29, 1.82) is 0 Å². The molecule has 1 heterocycles. The van der Waals surface area contributed by atoms with Crippen LogP contribution >= 0.6 is 0 Å². The molecule has 0 N–H and O–H groups in total. The van der Waals surface area contributed by atoms with Crippen molar-refractivity contribution < 1.29 is 0 Å². The Balaban J connectivity index is 1.82. The molecule has 24 heavy (non-hydrogen) atoms. The Morgan fingerprint density at radius 3 is 2.21 bits per heavy atom. The molecule has 0 aliphatic carbocycles. The molecule has 3 aromatic carbocycles. The van der Waals surface area contributed by atoms with E-state index in [9.17, 15) is 0 Å². The van der Waals surface area contributed by atoms with E-state index < -0.39 is 0 Å². The lowest BCUT2D eigenvalue weighted by Crippen LogP contribution is -2.11. The maximum absolute atomic E-state index is 4.68. The number of hydrogen-bond acceptors (Lipinski definition) is 1. The van der Waals surface area contributed by atoms with Crippen molar-refractivity contribution in [2.75, 3.05) is 0 Å². The maximum atomic E-state index is 4.68. The van der Waals surface area contributed by atoms with Gasteiger partial charge in [-0.05, 0) is 44.7 Å². The molecule has 4 aromatic rings. The van der Waals surface area contributed by atoms with Gasteiger partial charge in [0.1, 0.15) is 0 Å². The molecule has 4 rings (SSSR count). The fraction of sp³-hybridized carbons (Fsp3) is 0.174. The summed E-state index contributed by atoms with van der Waals surface area (Å²) in [6.45, 7) is 6.64. The van der Waals surface area contributed by atoms with Crippen LogP contribution in [0.1, 0.15) is 26.3 Å². The molecular formula is C23H21N. The van der Waals surface area contributed by atoms with Gasteiger partial charge in [-0.1, -0.05) is 75.4 Å². The Morgan fingerprint density at radius 1 is 0.708 bits per heavy atom. The highest BCUT2D eigenvalue weighted by Gasteiger charge is 2.14. The van der Waals surface area contributed by atoms with Crippen molar-refractivity contribution in [3.05, 3.63) is 78.5 Å². The first kappa shape index (κ1) is 14.9. The Hall–Kier alpha value is -2.67. The number of benzene rings is 3. The SMILES string of the molecule is CC(C)(C)c1ccc(-c2ccc3c(ccc4ccccc43)c2)nc1. The quantitative estimate of drug-likeness (QED) is 0.373. The molecule has 0 fully saturated rings. The minimum atomic E-state index is 0.133. The Labute approximate surface area is 143 Å². The molecule has 0 unspecified atom stereocenters. The zero-order chi connectivity index (χ0) is 16.7. The fourth-order valence-electron chi connectivity index (χ4n) is 3.18. The molecule has 0 radical (unpaired) electrons. The normalized spacial score (nSPS) is 12.0. The highest BCUT2D eigenvalue weighted by atomic mass is 14.7. The molecule has 1 heteroatoms. The van der Waals surface area contributed by atoms with Crippen LogP contribution in [0, 0.1) is 0 Å². The second-order valence-corrected chi connectivity index (χ2v) is 7.40. The van der Waals surface area contributed by atoms with E-state index in [0.717, 1.165) is 5.69 Å². The molecule has 0 aliphatic heterocycles. The van der Waals surface area contributed by atoms with Gasteiger partial charge in [0, 0.05) is 11.8 Å². The van der Waals surface area contributed by atoms with Crippen molar-refractivity contribution in [3.8, 4) is 11.3 Å². The highest BCUT2D eigenvalue weighted by molar-refractivity contribution is 6.08. The smallest absolute Gasteiger partial charge is 0.0702 e. The van der Waals surface area contributed by atoms with E-state index in [1.807, 2.05) is 6.20 Å². The summed E-state index contributed by atoms with van der Waals surface area (Å²) in [6, 6.07) is 23.9. The molecule has 118 valence electrons. The predicted molar refractivity (Wildman–Crippen MR) is 103 cm³/mol. The molecule has 0 spiro atoms. The molecule has 1 aromatic heterocycles. The number of rotatable bonds is 1. The van der Waals surface area contributed by atoms with Crippen molar-refractivity contribution in [2.24, 2.45) is 0 Å². The highest BCUT2D eigenvalue weighted by Crippen LogP contribution is 2.30. The van der Waals surface area contributed by atoms with Gasteiger partial charge in [0.15, 0.2) is 0 Å². The van der Waals surface area contributed by atoms with Crippen LogP contribution in [0.3, 0.4) is 0 Å². The van der Waals surface area contributed by atoms with E-state index in [0.29, 0.717) is 0 Å². The summed E-state index contributed by atoms with van der Waals surface area (Å²) in [5.41, 5.74) is 3.59. The second-order valence-electron chi connectivity index (χ2n) is 7.40. The van der Waals surface area contributed by atoms with Gasteiger partial charge in [-0.15, -0.1) is 0 Å². The van der Waals surface area contributed by atoms with Gasteiger partial charge < -0.3 is 0 Å². The summed E-state index contributed by atoms with van der Waals surface area (Å²) in [6.07, 6.45) is 2.00.